The van der Waals surface area contributed by atoms with Gasteiger partial charge in [0.2, 0.25) is 0 Å². The van der Waals surface area contributed by atoms with E-state index in [1.165, 1.54) is 0 Å². The molecule has 0 bridgehead atoms. The zero-order valence-corrected chi connectivity index (χ0v) is 14.2. The van der Waals surface area contributed by atoms with Crippen LogP contribution >= 0.6 is 0 Å². The largest absolute Gasteiger partial charge is 0.380 e. The van der Waals surface area contributed by atoms with Crippen LogP contribution in [0.2, 0.25) is 0 Å². The molecule has 4 rings (SSSR count). The molecule has 5 nitrogen and oxygen atoms in total. The van der Waals surface area contributed by atoms with Crippen LogP contribution < -0.4 is 10.2 Å². The highest BCUT2D eigenvalue weighted by Gasteiger charge is 2.22. The number of anilines is 2. The van der Waals surface area contributed by atoms with Crippen molar-refractivity contribution < 1.29 is 9.53 Å². The predicted octanol–water partition coefficient (Wildman–Crippen LogP) is 3.65. The standard InChI is InChI=1S/C20H21N3O2/c1-25-18-9-11-23(13-18)17-5-3-16(4-6-17)22-20(24)15-2-7-19-14(12-15)8-10-21-19/h2-8,10,12,18,21H,9,11,13H2,1H3,(H,22,24). The van der Waals surface area contributed by atoms with E-state index in [1.54, 1.807) is 7.11 Å². The Bertz CT molecular complexity index is 885. The molecule has 0 saturated carbocycles. The van der Waals surface area contributed by atoms with E-state index in [2.05, 4.69) is 15.2 Å². The van der Waals surface area contributed by atoms with Gasteiger partial charge in [0.25, 0.3) is 5.91 Å². The van der Waals surface area contributed by atoms with Crippen molar-refractivity contribution in [1.29, 1.82) is 0 Å². The molecule has 1 aliphatic heterocycles. The van der Waals surface area contributed by atoms with E-state index in [9.17, 15) is 4.79 Å². The molecule has 3 aromatic rings. The van der Waals surface area contributed by atoms with Crippen LogP contribution in [0.4, 0.5) is 11.4 Å². The van der Waals surface area contributed by atoms with Crippen molar-refractivity contribution in [3.63, 3.8) is 0 Å². The molecular weight excluding hydrogens is 314 g/mol. The van der Waals surface area contributed by atoms with Crippen LogP contribution in [0.25, 0.3) is 10.9 Å². The lowest BCUT2D eigenvalue weighted by molar-refractivity contribution is 0.102. The van der Waals surface area contributed by atoms with Gasteiger partial charge in [0.1, 0.15) is 0 Å². The number of aromatic amines is 1. The van der Waals surface area contributed by atoms with Gasteiger partial charge in [0.05, 0.1) is 6.10 Å². The summed E-state index contributed by atoms with van der Waals surface area (Å²) in [6, 6.07) is 15.6. The van der Waals surface area contributed by atoms with Gasteiger partial charge in [-0.05, 0) is 55.0 Å². The molecule has 1 amide bonds. The summed E-state index contributed by atoms with van der Waals surface area (Å²) in [5, 5.41) is 3.99. The molecule has 25 heavy (non-hydrogen) atoms. The summed E-state index contributed by atoms with van der Waals surface area (Å²) in [6.07, 6.45) is 3.23. The molecule has 0 spiro atoms. The molecule has 2 heterocycles. The van der Waals surface area contributed by atoms with Gasteiger partial charge < -0.3 is 19.9 Å². The summed E-state index contributed by atoms with van der Waals surface area (Å²) in [6.45, 7) is 1.92. The van der Waals surface area contributed by atoms with Gasteiger partial charge in [0, 0.05) is 54.2 Å². The summed E-state index contributed by atoms with van der Waals surface area (Å²) >= 11 is 0. The third-order valence-corrected chi connectivity index (χ3v) is 4.78. The van der Waals surface area contributed by atoms with Crippen molar-refractivity contribution in [2.24, 2.45) is 0 Å². The molecule has 128 valence electrons. The van der Waals surface area contributed by atoms with Crippen molar-refractivity contribution >= 4 is 28.2 Å². The highest BCUT2D eigenvalue weighted by Crippen LogP contribution is 2.24. The number of hydrogen-bond acceptors (Lipinski definition) is 3. The fourth-order valence-electron chi connectivity index (χ4n) is 3.31. The summed E-state index contributed by atoms with van der Waals surface area (Å²) < 4.78 is 5.41. The minimum atomic E-state index is -0.100. The molecule has 0 radical (unpaired) electrons. The van der Waals surface area contributed by atoms with Crippen LogP contribution in [0.3, 0.4) is 0 Å². The van der Waals surface area contributed by atoms with Crippen LogP contribution in [0, 0.1) is 0 Å². The maximum Gasteiger partial charge on any atom is 0.255 e. The molecule has 1 atom stereocenters. The minimum absolute atomic E-state index is 0.100. The van der Waals surface area contributed by atoms with Gasteiger partial charge in [-0.1, -0.05) is 0 Å². The van der Waals surface area contributed by atoms with E-state index in [0.29, 0.717) is 11.7 Å². The molecule has 2 N–H and O–H groups in total. The first-order chi connectivity index (χ1) is 12.2. The molecule has 1 saturated heterocycles. The van der Waals surface area contributed by atoms with E-state index in [1.807, 2.05) is 54.7 Å². The molecule has 0 aliphatic carbocycles. The lowest BCUT2D eigenvalue weighted by Gasteiger charge is -2.18. The van der Waals surface area contributed by atoms with E-state index >= 15 is 0 Å². The minimum Gasteiger partial charge on any atom is -0.380 e. The van der Waals surface area contributed by atoms with Gasteiger partial charge in [0.15, 0.2) is 0 Å². The quantitative estimate of drug-likeness (QED) is 0.765. The van der Waals surface area contributed by atoms with Gasteiger partial charge >= 0.3 is 0 Å². The SMILES string of the molecule is COC1CCN(c2ccc(NC(=O)c3ccc4[nH]ccc4c3)cc2)C1. The number of amides is 1. The topological polar surface area (TPSA) is 57.4 Å². The van der Waals surface area contributed by atoms with E-state index in [0.717, 1.165) is 41.8 Å². The molecule has 5 heteroatoms. The lowest BCUT2D eigenvalue weighted by atomic mass is 10.1. The number of nitrogens with zero attached hydrogens (tertiary/aromatic N) is 1. The van der Waals surface area contributed by atoms with E-state index in [4.69, 9.17) is 4.74 Å². The average molecular weight is 335 g/mol. The summed E-state index contributed by atoms with van der Waals surface area (Å²) in [5.74, 6) is -0.100. The number of nitrogens with one attached hydrogen (secondary N) is 2. The Kier molecular flexibility index (Phi) is 4.15. The Hall–Kier alpha value is -2.79. The maximum atomic E-state index is 12.5. The second-order valence-corrected chi connectivity index (χ2v) is 6.37. The fraction of sp³-hybridized carbons (Fsp3) is 0.250. The zero-order chi connectivity index (χ0) is 17.2. The van der Waals surface area contributed by atoms with Crippen molar-refractivity contribution in [2.45, 2.75) is 12.5 Å². The van der Waals surface area contributed by atoms with Gasteiger partial charge in [-0.2, -0.15) is 0 Å². The molecule has 2 aromatic carbocycles. The van der Waals surface area contributed by atoms with Crippen molar-refractivity contribution in [3.05, 3.63) is 60.3 Å². The summed E-state index contributed by atoms with van der Waals surface area (Å²) in [7, 11) is 1.76. The number of hydrogen-bond donors (Lipinski definition) is 2. The molecule has 1 fully saturated rings. The van der Waals surface area contributed by atoms with Crippen molar-refractivity contribution in [2.75, 3.05) is 30.4 Å². The van der Waals surface area contributed by atoms with Crippen LogP contribution in [0.1, 0.15) is 16.8 Å². The molecule has 1 aliphatic rings. The van der Waals surface area contributed by atoms with Gasteiger partial charge in [-0.15, -0.1) is 0 Å². The van der Waals surface area contributed by atoms with Gasteiger partial charge in [-0.25, -0.2) is 0 Å². The number of H-pyrrole nitrogens is 1. The van der Waals surface area contributed by atoms with Gasteiger partial charge in [-0.3, -0.25) is 4.79 Å². The molecular formula is C20H21N3O2. The van der Waals surface area contributed by atoms with Crippen LogP contribution in [-0.4, -0.2) is 37.2 Å². The Balaban J connectivity index is 1.44. The summed E-state index contributed by atoms with van der Waals surface area (Å²) in [4.78, 5) is 17.9. The highest BCUT2D eigenvalue weighted by molar-refractivity contribution is 6.06. The highest BCUT2D eigenvalue weighted by atomic mass is 16.5. The number of aromatic nitrogens is 1. The van der Waals surface area contributed by atoms with E-state index in [-0.39, 0.29) is 5.91 Å². The van der Waals surface area contributed by atoms with Crippen LogP contribution in [0.5, 0.6) is 0 Å². The number of methoxy groups -OCH3 is 1. The number of carbonyl (C=O) groups excluding carboxylic acids is 1. The number of benzene rings is 2. The zero-order valence-electron chi connectivity index (χ0n) is 14.2. The first-order valence-electron chi connectivity index (χ1n) is 8.49. The number of rotatable bonds is 4. The monoisotopic (exact) mass is 335 g/mol. The first-order valence-corrected chi connectivity index (χ1v) is 8.49. The average Bonchev–Trinajstić information content (AvgIpc) is 3.30. The third-order valence-electron chi connectivity index (χ3n) is 4.78. The predicted molar refractivity (Wildman–Crippen MR) is 100 cm³/mol. The molecule has 1 aromatic heterocycles. The number of fused-ring (bicyclic) bond motifs is 1. The maximum absolute atomic E-state index is 12.5. The second kappa shape index (κ2) is 6.61. The van der Waals surface area contributed by atoms with E-state index < -0.39 is 0 Å². The smallest absolute Gasteiger partial charge is 0.255 e. The van der Waals surface area contributed by atoms with Crippen molar-refractivity contribution in [1.82, 2.24) is 4.98 Å². The normalized spacial score (nSPS) is 17.2. The Morgan fingerprint density at radius 1 is 1.20 bits per heavy atom. The fourth-order valence-corrected chi connectivity index (χ4v) is 3.31. The van der Waals surface area contributed by atoms with Crippen LogP contribution in [-0.2, 0) is 4.74 Å². The number of ether oxygens (including phenoxy) is 1. The molecule has 1 unspecified atom stereocenters. The summed E-state index contributed by atoms with van der Waals surface area (Å²) in [5.41, 5.74) is 3.64. The first kappa shape index (κ1) is 15.7. The lowest BCUT2D eigenvalue weighted by Crippen LogP contribution is -2.22. The third kappa shape index (κ3) is 3.23. The Labute approximate surface area is 146 Å². The number of carbonyl (C=O) groups is 1. The second-order valence-electron chi connectivity index (χ2n) is 6.37. The Morgan fingerprint density at radius 3 is 2.80 bits per heavy atom. The van der Waals surface area contributed by atoms with Crippen LogP contribution in [0.15, 0.2) is 54.7 Å². The van der Waals surface area contributed by atoms with Crippen molar-refractivity contribution in [3.8, 4) is 0 Å². The Morgan fingerprint density at radius 2 is 2.04 bits per heavy atom.